The van der Waals surface area contributed by atoms with Crippen LogP contribution in [0, 0.1) is 25.6 Å². The maximum atomic E-state index is 13.6. The Kier molecular flexibility index (Phi) is 7.09. The van der Waals surface area contributed by atoms with E-state index in [0.717, 1.165) is 33.4 Å². The third-order valence-electron chi connectivity index (χ3n) is 6.61. The van der Waals surface area contributed by atoms with Crippen LogP contribution in [0.4, 0.5) is 4.39 Å². The summed E-state index contributed by atoms with van der Waals surface area (Å²) in [6.45, 7) is 15.4. The Bertz CT molecular complexity index is 1410. The van der Waals surface area contributed by atoms with Crippen molar-refractivity contribution in [3.05, 3.63) is 86.7 Å². The number of rotatable bonds is 7. The lowest BCUT2D eigenvalue weighted by Crippen LogP contribution is -2.37. The number of hydrogen-bond donors (Lipinski definition) is 1. The van der Waals surface area contributed by atoms with E-state index < -0.39 is 0 Å². The van der Waals surface area contributed by atoms with Crippen molar-refractivity contribution >= 4 is 10.9 Å². The molecule has 2 aromatic carbocycles. The van der Waals surface area contributed by atoms with Crippen molar-refractivity contribution in [3.8, 4) is 0 Å². The van der Waals surface area contributed by atoms with E-state index in [1.165, 1.54) is 12.1 Å². The number of aryl methyl sites for hydroxylation is 2. The second-order valence-corrected chi connectivity index (χ2v) is 11.0. The molecule has 0 unspecified atom stereocenters. The normalized spacial score (nSPS) is 13.2. The van der Waals surface area contributed by atoms with E-state index in [4.69, 9.17) is 0 Å². The standard InChI is InChI=1S/C28H35FN6O/c1-17(2)25(26-31-32-33-35(26)28(5,6)7)34(15-20-10-12-22(29)13-11-20)16-21-14-23-18(3)8-9-19(4)24(23)30-27(21)36/h8-14,17,25H,15-16H2,1-7H3,(H,30,36)/t25-/m1/s1. The van der Waals surface area contributed by atoms with E-state index in [0.29, 0.717) is 18.7 Å². The molecule has 4 aromatic rings. The first-order valence-electron chi connectivity index (χ1n) is 12.3. The van der Waals surface area contributed by atoms with E-state index >= 15 is 0 Å². The van der Waals surface area contributed by atoms with Gasteiger partial charge in [-0.3, -0.25) is 9.69 Å². The molecule has 2 heterocycles. The van der Waals surface area contributed by atoms with Crippen molar-refractivity contribution in [1.82, 2.24) is 30.1 Å². The van der Waals surface area contributed by atoms with Crippen LogP contribution in [0.1, 0.15) is 68.7 Å². The first-order chi connectivity index (χ1) is 17.0. The van der Waals surface area contributed by atoms with E-state index in [-0.39, 0.29) is 28.9 Å². The number of hydrogen-bond acceptors (Lipinski definition) is 5. The van der Waals surface area contributed by atoms with Crippen molar-refractivity contribution in [2.45, 2.75) is 73.1 Å². The van der Waals surface area contributed by atoms with Gasteiger partial charge in [-0.05, 0) is 85.9 Å². The molecule has 0 radical (unpaired) electrons. The fourth-order valence-electron chi connectivity index (χ4n) is 4.77. The zero-order valence-electron chi connectivity index (χ0n) is 22.1. The molecule has 0 aliphatic carbocycles. The van der Waals surface area contributed by atoms with Gasteiger partial charge < -0.3 is 4.98 Å². The van der Waals surface area contributed by atoms with E-state index in [2.05, 4.69) is 73.0 Å². The van der Waals surface area contributed by atoms with Crippen molar-refractivity contribution in [3.63, 3.8) is 0 Å². The molecule has 0 amide bonds. The summed E-state index contributed by atoms with van der Waals surface area (Å²) >= 11 is 0. The summed E-state index contributed by atoms with van der Waals surface area (Å²) in [5, 5.41) is 13.8. The Morgan fingerprint density at radius 3 is 2.33 bits per heavy atom. The van der Waals surface area contributed by atoms with Gasteiger partial charge in [-0.15, -0.1) is 5.10 Å². The number of tetrazole rings is 1. The minimum absolute atomic E-state index is 0.113. The molecule has 1 N–H and O–H groups in total. The predicted molar refractivity (Wildman–Crippen MR) is 140 cm³/mol. The molecule has 0 aliphatic rings. The van der Waals surface area contributed by atoms with Crippen molar-refractivity contribution < 1.29 is 4.39 Å². The number of nitrogens with one attached hydrogen (secondary N) is 1. The minimum Gasteiger partial charge on any atom is -0.321 e. The van der Waals surface area contributed by atoms with Crippen LogP contribution in [0.15, 0.2) is 47.3 Å². The Morgan fingerprint density at radius 1 is 1.03 bits per heavy atom. The van der Waals surface area contributed by atoms with E-state index in [1.807, 2.05) is 23.7 Å². The molecule has 0 fully saturated rings. The van der Waals surface area contributed by atoms with Gasteiger partial charge in [0.15, 0.2) is 5.82 Å². The number of nitrogens with zero attached hydrogens (tertiary/aromatic N) is 5. The van der Waals surface area contributed by atoms with Crippen LogP contribution in [-0.4, -0.2) is 30.1 Å². The summed E-state index contributed by atoms with van der Waals surface area (Å²) in [6, 6.07) is 12.4. The van der Waals surface area contributed by atoms with Gasteiger partial charge in [0.1, 0.15) is 5.82 Å². The molecule has 8 heteroatoms. The highest BCUT2D eigenvalue weighted by Gasteiger charge is 2.33. The third kappa shape index (κ3) is 5.23. The molecule has 0 bridgehead atoms. The SMILES string of the molecule is Cc1ccc(C)c2[nH]c(=O)c(CN(Cc3ccc(F)cc3)[C@@H](c3nnnn3C(C)(C)C)C(C)C)cc12. The molecule has 0 saturated carbocycles. The quantitative estimate of drug-likeness (QED) is 0.374. The second-order valence-electron chi connectivity index (χ2n) is 11.0. The number of fused-ring (bicyclic) bond motifs is 1. The van der Waals surface area contributed by atoms with Crippen LogP contribution in [-0.2, 0) is 18.6 Å². The maximum absolute atomic E-state index is 13.6. The fraction of sp³-hybridized carbons (Fsp3) is 0.429. The van der Waals surface area contributed by atoms with Crippen LogP contribution in [0.5, 0.6) is 0 Å². The zero-order valence-corrected chi connectivity index (χ0v) is 22.1. The van der Waals surface area contributed by atoms with E-state index in [9.17, 15) is 9.18 Å². The first kappa shape index (κ1) is 25.7. The lowest BCUT2D eigenvalue weighted by Gasteiger charge is -2.35. The summed E-state index contributed by atoms with van der Waals surface area (Å²) in [5.41, 5.74) is 4.19. The van der Waals surface area contributed by atoms with Crippen LogP contribution >= 0.6 is 0 Å². The number of aromatic amines is 1. The molecular weight excluding hydrogens is 455 g/mol. The predicted octanol–water partition coefficient (Wildman–Crippen LogP) is 5.43. The van der Waals surface area contributed by atoms with Crippen LogP contribution in [0.2, 0.25) is 0 Å². The van der Waals surface area contributed by atoms with Gasteiger partial charge in [-0.25, -0.2) is 9.07 Å². The van der Waals surface area contributed by atoms with Crippen molar-refractivity contribution in [2.24, 2.45) is 5.92 Å². The zero-order chi connectivity index (χ0) is 26.2. The molecule has 4 rings (SSSR count). The Morgan fingerprint density at radius 2 is 1.69 bits per heavy atom. The third-order valence-corrected chi connectivity index (χ3v) is 6.61. The van der Waals surface area contributed by atoms with Gasteiger partial charge in [0.2, 0.25) is 0 Å². The van der Waals surface area contributed by atoms with Crippen molar-refractivity contribution in [2.75, 3.05) is 0 Å². The summed E-state index contributed by atoms with van der Waals surface area (Å²) in [4.78, 5) is 18.6. The van der Waals surface area contributed by atoms with Gasteiger partial charge in [0, 0.05) is 24.0 Å². The largest absolute Gasteiger partial charge is 0.321 e. The van der Waals surface area contributed by atoms with Gasteiger partial charge in [0.05, 0.1) is 17.1 Å². The molecule has 7 nitrogen and oxygen atoms in total. The molecular formula is C28H35FN6O. The molecule has 2 aromatic heterocycles. The average molecular weight is 491 g/mol. The Balaban J connectivity index is 1.84. The number of benzene rings is 2. The Labute approximate surface area is 211 Å². The molecule has 190 valence electrons. The van der Waals surface area contributed by atoms with Crippen LogP contribution in [0.3, 0.4) is 0 Å². The first-order valence-corrected chi connectivity index (χ1v) is 12.3. The lowest BCUT2D eigenvalue weighted by atomic mass is 9.98. The second kappa shape index (κ2) is 9.93. The van der Waals surface area contributed by atoms with Gasteiger partial charge >= 0.3 is 0 Å². The summed E-state index contributed by atoms with van der Waals surface area (Å²) in [5.74, 6) is 0.601. The number of H-pyrrole nitrogens is 1. The highest BCUT2D eigenvalue weighted by molar-refractivity contribution is 5.85. The molecule has 0 aliphatic heterocycles. The highest BCUT2D eigenvalue weighted by atomic mass is 19.1. The average Bonchev–Trinajstić information content (AvgIpc) is 3.28. The van der Waals surface area contributed by atoms with E-state index in [1.54, 1.807) is 12.1 Å². The molecule has 0 spiro atoms. The lowest BCUT2D eigenvalue weighted by molar-refractivity contribution is 0.119. The summed E-state index contributed by atoms with van der Waals surface area (Å²) in [7, 11) is 0. The number of halogens is 1. The number of pyridine rings is 1. The van der Waals surface area contributed by atoms with Crippen molar-refractivity contribution in [1.29, 1.82) is 0 Å². The molecule has 0 saturated heterocycles. The van der Waals surface area contributed by atoms with Crippen LogP contribution in [0.25, 0.3) is 10.9 Å². The monoisotopic (exact) mass is 490 g/mol. The molecule has 36 heavy (non-hydrogen) atoms. The minimum atomic E-state index is -0.317. The maximum Gasteiger partial charge on any atom is 0.252 e. The van der Waals surface area contributed by atoms with Gasteiger partial charge in [-0.2, -0.15) is 0 Å². The summed E-state index contributed by atoms with van der Waals surface area (Å²) < 4.78 is 15.5. The fourth-order valence-corrected chi connectivity index (χ4v) is 4.77. The van der Waals surface area contributed by atoms with Gasteiger partial charge in [0.25, 0.3) is 5.56 Å². The topological polar surface area (TPSA) is 79.7 Å². The highest BCUT2D eigenvalue weighted by Crippen LogP contribution is 2.32. The smallest absolute Gasteiger partial charge is 0.252 e. The Hall–Kier alpha value is -3.39. The summed E-state index contributed by atoms with van der Waals surface area (Å²) in [6.07, 6.45) is 0. The molecule has 1 atom stereocenters. The van der Waals surface area contributed by atoms with Crippen LogP contribution < -0.4 is 5.56 Å². The van der Waals surface area contributed by atoms with Gasteiger partial charge in [-0.1, -0.05) is 38.1 Å². The number of aromatic nitrogens is 5.